The van der Waals surface area contributed by atoms with E-state index >= 15 is 0 Å². The molecular formula is C16H13N3O2. The fourth-order valence-corrected chi connectivity index (χ4v) is 2.07. The number of rotatable bonds is 3. The minimum Gasteiger partial charge on any atom is -0.508 e. The summed E-state index contributed by atoms with van der Waals surface area (Å²) in [6.07, 6.45) is 3.41. The van der Waals surface area contributed by atoms with Crippen LogP contribution in [-0.4, -0.2) is 22.2 Å². The van der Waals surface area contributed by atoms with Crippen molar-refractivity contribution in [3.63, 3.8) is 0 Å². The summed E-state index contributed by atoms with van der Waals surface area (Å²) >= 11 is 0. The van der Waals surface area contributed by atoms with Crippen LogP contribution in [0.3, 0.4) is 0 Å². The lowest BCUT2D eigenvalue weighted by Crippen LogP contribution is -2.17. The van der Waals surface area contributed by atoms with E-state index in [1.54, 1.807) is 18.3 Å². The average molecular weight is 279 g/mol. The average Bonchev–Trinajstić information content (AvgIpc) is 2.91. The number of fused-ring (bicyclic) bond motifs is 1. The zero-order valence-electron chi connectivity index (χ0n) is 11.1. The lowest BCUT2D eigenvalue weighted by atomic mass is 10.2. The zero-order valence-corrected chi connectivity index (χ0v) is 11.1. The number of phenolic OH excluding ortho intramolecular Hbond substituents is 1. The summed E-state index contributed by atoms with van der Waals surface area (Å²) in [5, 5.41) is 14.3. The van der Waals surface area contributed by atoms with Crippen LogP contribution in [0.2, 0.25) is 0 Å². The van der Waals surface area contributed by atoms with E-state index in [1.807, 2.05) is 30.5 Å². The second-order valence-electron chi connectivity index (χ2n) is 4.54. The number of aromatic hydroxyl groups is 1. The third-order valence-corrected chi connectivity index (χ3v) is 3.10. The van der Waals surface area contributed by atoms with E-state index in [4.69, 9.17) is 0 Å². The summed E-state index contributed by atoms with van der Waals surface area (Å²) in [6, 6.07) is 13.9. The Morgan fingerprint density at radius 3 is 2.90 bits per heavy atom. The number of amides is 1. The van der Waals surface area contributed by atoms with Crippen LogP contribution in [0, 0.1) is 0 Å². The molecule has 2 aromatic carbocycles. The second kappa shape index (κ2) is 5.50. The maximum atomic E-state index is 11.8. The van der Waals surface area contributed by atoms with Crippen LogP contribution in [0.4, 0.5) is 0 Å². The molecule has 0 fully saturated rings. The molecule has 0 saturated heterocycles. The van der Waals surface area contributed by atoms with Gasteiger partial charge in [-0.1, -0.05) is 24.3 Å². The largest absolute Gasteiger partial charge is 0.508 e. The molecule has 0 aliphatic heterocycles. The molecule has 3 aromatic rings. The molecule has 0 radical (unpaired) electrons. The summed E-state index contributed by atoms with van der Waals surface area (Å²) in [6.45, 7) is 0. The quantitative estimate of drug-likeness (QED) is 0.509. The fourth-order valence-electron chi connectivity index (χ4n) is 2.07. The molecule has 0 spiro atoms. The fraction of sp³-hybridized carbons (Fsp3) is 0. The van der Waals surface area contributed by atoms with Crippen molar-refractivity contribution in [1.29, 1.82) is 0 Å². The number of hydrogen-bond donors (Lipinski definition) is 3. The number of hydrazone groups is 1. The maximum Gasteiger partial charge on any atom is 0.271 e. The highest BCUT2D eigenvalue weighted by molar-refractivity contribution is 6.00. The molecule has 1 aromatic heterocycles. The normalized spacial score (nSPS) is 11.0. The standard InChI is InChI=1S/C16H13N3O2/c20-13-5-3-4-11(8-13)16(21)19-18-10-12-9-17-15-7-2-1-6-14(12)15/h1-10,17,20H,(H,19,21)/b18-10+. The molecule has 1 amide bonds. The van der Waals surface area contributed by atoms with Gasteiger partial charge in [0.25, 0.3) is 5.91 Å². The minimum atomic E-state index is -0.373. The number of hydrogen-bond acceptors (Lipinski definition) is 3. The molecule has 3 rings (SSSR count). The van der Waals surface area contributed by atoms with Gasteiger partial charge in [-0.15, -0.1) is 0 Å². The lowest BCUT2D eigenvalue weighted by Gasteiger charge is -1.99. The number of carbonyl (C=O) groups excluding carboxylic acids is 1. The number of aromatic amines is 1. The Morgan fingerprint density at radius 1 is 1.19 bits per heavy atom. The van der Waals surface area contributed by atoms with Gasteiger partial charge in [-0.25, -0.2) is 5.43 Å². The molecule has 0 unspecified atom stereocenters. The van der Waals surface area contributed by atoms with Gasteiger partial charge in [0.05, 0.1) is 6.21 Å². The van der Waals surface area contributed by atoms with Gasteiger partial charge >= 0.3 is 0 Å². The van der Waals surface area contributed by atoms with Crippen LogP contribution in [0.15, 0.2) is 59.8 Å². The minimum absolute atomic E-state index is 0.0447. The molecule has 0 bridgehead atoms. The van der Waals surface area contributed by atoms with Crippen LogP contribution in [0.1, 0.15) is 15.9 Å². The van der Waals surface area contributed by atoms with Crippen LogP contribution in [-0.2, 0) is 0 Å². The lowest BCUT2D eigenvalue weighted by molar-refractivity contribution is 0.0954. The number of carbonyl (C=O) groups is 1. The van der Waals surface area contributed by atoms with Crippen LogP contribution in [0.5, 0.6) is 5.75 Å². The number of benzene rings is 2. The monoisotopic (exact) mass is 279 g/mol. The Labute approximate surface area is 120 Å². The topological polar surface area (TPSA) is 77.5 Å². The van der Waals surface area contributed by atoms with Gasteiger partial charge in [-0.05, 0) is 24.3 Å². The maximum absolute atomic E-state index is 11.8. The Morgan fingerprint density at radius 2 is 2.05 bits per heavy atom. The van der Waals surface area contributed by atoms with Crippen molar-refractivity contribution in [2.45, 2.75) is 0 Å². The molecule has 104 valence electrons. The van der Waals surface area contributed by atoms with E-state index in [1.165, 1.54) is 12.1 Å². The summed E-state index contributed by atoms with van der Waals surface area (Å²) < 4.78 is 0. The number of phenols is 1. The van der Waals surface area contributed by atoms with E-state index in [9.17, 15) is 9.90 Å². The molecule has 3 N–H and O–H groups in total. The third kappa shape index (κ3) is 2.76. The van der Waals surface area contributed by atoms with Crippen molar-refractivity contribution in [1.82, 2.24) is 10.4 Å². The summed E-state index contributed by atoms with van der Waals surface area (Å²) in [5.74, 6) is -0.328. The second-order valence-corrected chi connectivity index (χ2v) is 4.54. The van der Waals surface area contributed by atoms with E-state index in [0.29, 0.717) is 5.56 Å². The summed E-state index contributed by atoms with van der Waals surface area (Å²) in [5.41, 5.74) is 4.69. The number of nitrogens with one attached hydrogen (secondary N) is 2. The van der Waals surface area contributed by atoms with Crippen molar-refractivity contribution in [3.8, 4) is 5.75 Å². The Balaban J connectivity index is 1.74. The van der Waals surface area contributed by atoms with E-state index < -0.39 is 0 Å². The molecule has 0 atom stereocenters. The molecule has 1 heterocycles. The highest BCUT2D eigenvalue weighted by atomic mass is 16.3. The van der Waals surface area contributed by atoms with Crippen molar-refractivity contribution < 1.29 is 9.90 Å². The molecular weight excluding hydrogens is 266 g/mol. The van der Waals surface area contributed by atoms with Crippen LogP contribution < -0.4 is 5.43 Å². The molecule has 0 aliphatic carbocycles. The predicted molar refractivity (Wildman–Crippen MR) is 81.5 cm³/mol. The van der Waals surface area contributed by atoms with Crippen molar-refractivity contribution in [2.24, 2.45) is 5.10 Å². The van der Waals surface area contributed by atoms with Gasteiger partial charge in [0.15, 0.2) is 0 Å². The van der Waals surface area contributed by atoms with E-state index in [2.05, 4.69) is 15.5 Å². The number of H-pyrrole nitrogens is 1. The van der Waals surface area contributed by atoms with Gasteiger partial charge in [-0.3, -0.25) is 4.79 Å². The highest BCUT2D eigenvalue weighted by Crippen LogP contribution is 2.15. The van der Waals surface area contributed by atoms with Crippen molar-refractivity contribution >= 4 is 23.0 Å². The van der Waals surface area contributed by atoms with Gasteiger partial charge in [-0.2, -0.15) is 5.10 Å². The summed E-state index contributed by atoms with van der Waals surface area (Å²) in [7, 11) is 0. The molecule has 0 aliphatic rings. The number of nitrogens with zero attached hydrogens (tertiary/aromatic N) is 1. The molecule has 5 nitrogen and oxygen atoms in total. The first kappa shape index (κ1) is 12.9. The first-order chi connectivity index (χ1) is 10.2. The Kier molecular flexibility index (Phi) is 3.39. The molecule has 5 heteroatoms. The first-order valence-electron chi connectivity index (χ1n) is 6.42. The molecule has 21 heavy (non-hydrogen) atoms. The molecule has 0 saturated carbocycles. The van der Waals surface area contributed by atoms with E-state index in [0.717, 1.165) is 16.5 Å². The van der Waals surface area contributed by atoms with Crippen molar-refractivity contribution in [2.75, 3.05) is 0 Å². The smallest absolute Gasteiger partial charge is 0.271 e. The van der Waals surface area contributed by atoms with E-state index in [-0.39, 0.29) is 11.7 Å². The first-order valence-corrected chi connectivity index (χ1v) is 6.42. The third-order valence-electron chi connectivity index (χ3n) is 3.10. The van der Waals surface area contributed by atoms with Crippen molar-refractivity contribution in [3.05, 3.63) is 65.9 Å². The van der Waals surface area contributed by atoms with Crippen LogP contribution in [0.25, 0.3) is 10.9 Å². The van der Waals surface area contributed by atoms with Gasteiger partial charge < -0.3 is 10.1 Å². The SMILES string of the molecule is O=C(N/N=C/c1c[nH]c2ccccc12)c1cccc(O)c1. The van der Waals surface area contributed by atoms with Gasteiger partial charge in [0.2, 0.25) is 0 Å². The van der Waals surface area contributed by atoms with Gasteiger partial charge in [0.1, 0.15) is 5.75 Å². The van der Waals surface area contributed by atoms with Crippen LogP contribution >= 0.6 is 0 Å². The zero-order chi connectivity index (χ0) is 14.7. The number of para-hydroxylation sites is 1. The Hall–Kier alpha value is -3.08. The number of aromatic nitrogens is 1. The highest BCUT2D eigenvalue weighted by Gasteiger charge is 2.04. The van der Waals surface area contributed by atoms with Gasteiger partial charge in [0, 0.05) is 28.2 Å². The Bertz CT molecular complexity index is 821. The predicted octanol–water partition coefficient (Wildman–Crippen LogP) is 2.64. The summed E-state index contributed by atoms with van der Waals surface area (Å²) in [4.78, 5) is 15.0.